The Hall–Kier alpha value is -1.49. The van der Waals surface area contributed by atoms with Gasteiger partial charge in [-0.05, 0) is 20.0 Å². The van der Waals surface area contributed by atoms with E-state index in [1.165, 1.54) is 6.07 Å². The zero-order chi connectivity index (χ0) is 15.3. The minimum Gasteiger partial charge on any atom is -0.495 e. The van der Waals surface area contributed by atoms with Crippen LogP contribution in [0, 0.1) is 11.7 Å². The molecule has 0 radical (unpaired) electrons. The monoisotopic (exact) mass is 283 g/mol. The highest BCUT2D eigenvalue weighted by Gasteiger charge is 2.16. The van der Waals surface area contributed by atoms with Gasteiger partial charge in [0.2, 0.25) is 0 Å². The number of halogens is 1. The molecule has 1 aromatic carbocycles. The molecule has 0 fully saturated rings. The van der Waals surface area contributed by atoms with Gasteiger partial charge in [0, 0.05) is 31.8 Å². The summed E-state index contributed by atoms with van der Waals surface area (Å²) >= 11 is 0. The molecule has 5 heteroatoms. The van der Waals surface area contributed by atoms with Gasteiger partial charge in [-0.15, -0.1) is 0 Å². The third-order valence-corrected chi connectivity index (χ3v) is 3.04. The number of nitrogen functional groups attached to an aromatic ring is 1. The van der Waals surface area contributed by atoms with Crippen LogP contribution >= 0.6 is 0 Å². The van der Waals surface area contributed by atoms with Crippen LogP contribution in [0.4, 0.5) is 15.8 Å². The summed E-state index contributed by atoms with van der Waals surface area (Å²) in [4.78, 5) is 4.13. The Bertz CT molecular complexity index is 435. The third-order valence-electron chi connectivity index (χ3n) is 3.04. The van der Waals surface area contributed by atoms with E-state index in [4.69, 9.17) is 10.5 Å². The molecular formula is C15H26FN3O. The Balaban J connectivity index is 3.05. The first-order valence-electron chi connectivity index (χ1n) is 6.87. The van der Waals surface area contributed by atoms with Crippen molar-refractivity contribution in [3.8, 4) is 5.75 Å². The van der Waals surface area contributed by atoms with E-state index in [1.807, 2.05) is 19.0 Å². The number of hydrogen-bond donors (Lipinski definition) is 1. The first kappa shape index (κ1) is 16.6. The lowest BCUT2D eigenvalue weighted by atomic mass is 10.1. The molecule has 2 N–H and O–H groups in total. The number of anilines is 2. The van der Waals surface area contributed by atoms with Crippen LogP contribution < -0.4 is 15.4 Å². The number of rotatable bonds is 7. The molecule has 20 heavy (non-hydrogen) atoms. The predicted octanol–water partition coefficient (Wildman–Crippen LogP) is 2.44. The lowest BCUT2D eigenvalue weighted by Gasteiger charge is -2.29. The molecule has 0 aliphatic rings. The van der Waals surface area contributed by atoms with Crippen molar-refractivity contribution in [3.63, 3.8) is 0 Å². The van der Waals surface area contributed by atoms with Crippen molar-refractivity contribution in [2.24, 2.45) is 5.92 Å². The smallest absolute Gasteiger partial charge is 0.148 e. The van der Waals surface area contributed by atoms with Crippen molar-refractivity contribution in [1.82, 2.24) is 4.90 Å². The maximum atomic E-state index is 14.2. The normalized spacial score (nSPS) is 11.2. The maximum absolute atomic E-state index is 14.2. The first-order valence-corrected chi connectivity index (χ1v) is 6.87. The topological polar surface area (TPSA) is 41.7 Å². The van der Waals surface area contributed by atoms with Gasteiger partial charge in [-0.2, -0.15) is 0 Å². The van der Waals surface area contributed by atoms with Crippen LogP contribution in [0.5, 0.6) is 5.75 Å². The maximum Gasteiger partial charge on any atom is 0.148 e. The number of likely N-dealkylation sites (N-methyl/N-ethyl adjacent to an activating group) is 1. The molecule has 1 rings (SSSR count). The summed E-state index contributed by atoms with van der Waals surface area (Å²) in [6.07, 6.45) is 0. The lowest BCUT2D eigenvalue weighted by molar-refractivity contribution is 0.405. The van der Waals surface area contributed by atoms with E-state index in [0.29, 0.717) is 23.0 Å². The average molecular weight is 283 g/mol. The second-order valence-electron chi connectivity index (χ2n) is 5.69. The van der Waals surface area contributed by atoms with Gasteiger partial charge >= 0.3 is 0 Å². The van der Waals surface area contributed by atoms with Gasteiger partial charge in [0.1, 0.15) is 11.6 Å². The minimum atomic E-state index is -0.303. The summed E-state index contributed by atoms with van der Waals surface area (Å²) in [5.74, 6) is 0.655. The SMILES string of the molecule is COc1cc(N(CCN(C)C)CC(C)C)c(F)cc1N. The van der Waals surface area contributed by atoms with Crippen LogP contribution in [0.1, 0.15) is 13.8 Å². The highest BCUT2D eigenvalue weighted by atomic mass is 19.1. The van der Waals surface area contributed by atoms with Crippen LogP contribution in [0.25, 0.3) is 0 Å². The van der Waals surface area contributed by atoms with Crippen LogP contribution in [-0.4, -0.2) is 45.7 Å². The second kappa shape index (κ2) is 7.33. The summed E-state index contributed by atoms with van der Waals surface area (Å²) in [6, 6.07) is 3.01. The molecule has 0 bridgehead atoms. The molecular weight excluding hydrogens is 257 g/mol. The van der Waals surface area contributed by atoms with Crippen LogP contribution in [-0.2, 0) is 0 Å². The Morgan fingerprint density at radius 1 is 1.25 bits per heavy atom. The van der Waals surface area contributed by atoms with E-state index >= 15 is 0 Å². The Morgan fingerprint density at radius 2 is 1.90 bits per heavy atom. The lowest BCUT2D eigenvalue weighted by Crippen LogP contribution is -2.35. The fourth-order valence-electron chi connectivity index (χ4n) is 2.05. The molecule has 4 nitrogen and oxygen atoms in total. The number of hydrogen-bond acceptors (Lipinski definition) is 4. The van der Waals surface area contributed by atoms with Gasteiger partial charge in [-0.25, -0.2) is 4.39 Å². The van der Waals surface area contributed by atoms with Crippen molar-refractivity contribution in [2.45, 2.75) is 13.8 Å². The summed E-state index contributed by atoms with van der Waals surface area (Å²) in [5, 5.41) is 0. The Labute approximate surface area is 121 Å². The van der Waals surface area contributed by atoms with E-state index in [1.54, 1.807) is 13.2 Å². The molecule has 0 unspecified atom stereocenters. The number of ether oxygens (including phenoxy) is 1. The summed E-state index contributed by atoms with van der Waals surface area (Å²) in [7, 11) is 5.56. The molecule has 0 aliphatic carbocycles. The van der Waals surface area contributed by atoms with E-state index < -0.39 is 0 Å². The zero-order valence-electron chi connectivity index (χ0n) is 13.1. The summed E-state index contributed by atoms with van der Waals surface area (Å²) in [5.41, 5.74) is 6.61. The highest BCUT2D eigenvalue weighted by molar-refractivity contribution is 5.63. The van der Waals surface area contributed by atoms with Crippen molar-refractivity contribution in [2.75, 3.05) is 51.5 Å². The van der Waals surface area contributed by atoms with Crippen molar-refractivity contribution >= 4 is 11.4 Å². The van der Waals surface area contributed by atoms with Gasteiger partial charge in [0.25, 0.3) is 0 Å². The van der Waals surface area contributed by atoms with E-state index in [-0.39, 0.29) is 5.82 Å². The summed E-state index contributed by atoms with van der Waals surface area (Å²) in [6.45, 7) is 6.65. The number of nitrogens with zero attached hydrogens (tertiary/aromatic N) is 2. The second-order valence-corrected chi connectivity index (χ2v) is 5.69. The molecule has 0 saturated heterocycles. The number of methoxy groups -OCH3 is 1. The summed E-state index contributed by atoms with van der Waals surface area (Å²) < 4.78 is 19.4. The number of benzene rings is 1. The third kappa shape index (κ3) is 4.56. The quantitative estimate of drug-likeness (QED) is 0.780. The fraction of sp³-hybridized carbons (Fsp3) is 0.600. The molecule has 114 valence electrons. The molecule has 0 aliphatic heterocycles. The molecule has 0 saturated carbocycles. The largest absolute Gasteiger partial charge is 0.495 e. The molecule has 1 aromatic rings. The van der Waals surface area contributed by atoms with E-state index in [2.05, 4.69) is 18.7 Å². The Morgan fingerprint density at radius 3 is 2.40 bits per heavy atom. The Kier molecular flexibility index (Phi) is 6.07. The molecule has 0 amide bonds. The number of nitrogens with two attached hydrogens (primary N) is 1. The van der Waals surface area contributed by atoms with Gasteiger partial charge < -0.3 is 20.3 Å². The highest BCUT2D eigenvalue weighted by Crippen LogP contribution is 2.31. The van der Waals surface area contributed by atoms with Crippen LogP contribution in [0.3, 0.4) is 0 Å². The predicted molar refractivity (Wildman–Crippen MR) is 83.0 cm³/mol. The molecule has 0 atom stereocenters. The first-order chi connectivity index (χ1) is 9.35. The van der Waals surface area contributed by atoms with E-state index in [0.717, 1.165) is 19.6 Å². The van der Waals surface area contributed by atoms with Gasteiger partial charge in [0.05, 0.1) is 18.5 Å². The van der Waals surface area contributed by atoms with Crippen LogP contribution in [0.15, 0.2) is 12.1 Å². The molecule has 0 aromatic heterocycles. The molecule has 0 heterocycles. The average Bonchev–Trinajstić information content (AvgIpc) is 2.34. The van der Waals surface area contributed by atoms with Crippen LogP contribution in [0.2, 0.25) is 0 Å². The van der Waals surface area contributed by atoms with Crippen molar-refractivity contribution < 1.29 is 9.13 Å². The van der Waals surface area contributed by atoms with Crippen molar-refractivity contribution in [3.05, 3.63) is 17.9 Å². The van der Waals surface area contributed by atoms with Gasteiger partial charge in [0.15, 0.2) is 0 Å². The molecule has 0 spiro atoms. The standard InChI is InChI=1S/C15H26FN3O/c1-11(2)10-19(7-6-18(3)4)14-9-15(20-5)13(17)8-12(14)16/h8-9,11H,6-7,10,17H2,1-5H3. The van der Waals surface area contributed by atoms with Crippen molar-refractivity contribution in [1.29, 1.82) is 0 Å². The van der Waals surface area contributed by atoms with Gasteiger partial charge in [-0.1, -0.05) is 13.8 Å². The van der Waals surface area contributed by atoms with Gasteiger partial charge in [-0.3, -0.25) is 0 Å². The zero-order valence-corrected chi connectivity index (χ0v) is 13.1. The fourth-order valence-corrected chi connectivity index (χ4v) is 2.05. The van der Waals surface area contributed by atoms with E-state index in [9.17, 15) is 4.39 Å². The minimum absolute atomic E-state index is 0.303.